The van der Waals surface area contributed by atoms with Crippen molar-refractivity contribution in [3.63, 3.8) is 0 Å². The third-order valence-corrected chi connectivity index (χ3v) is 6.72. The Hall–Kier alpha value is -1.09. The molecule has 0 bridgehead atoms. The fraction of sp³-hybridized carbons (Fsp3) is 0.556. The van der Waals surface area contributed by atoms with Crippen LogP contribution in [0.4, 0.5) is 0 Å². The third kappa shape index (κ3) is 7.82. The zero-order valence-corrected chi connectivity index (χ0v) is 16.6. The van der Waals surface area contributed by atoms with E-state index in [2.05, 4.69) is 38.4 Å². The molecule has 23 heavy (non-hydrogen) atoms. The first-order valence-corrected chi connectivity index (χ1v) is 13.5. The quantitative estimate of drug-likeness (QED) is 0.409. The van der Waals surface area contributed by atoms with E-state index in [0.29, 0.717) is 5.54 Å². The highest BCUT2D eigenvalue weighted by atomic mass is 32.2. The summed E-state index contributed by atoms with van der Waals surface area (Å²) in [6.07, 6.45) is 3.70. The molecule has 5 heteroatoms. The molecule has 0 spiro atoms. The van der Waals surface area contributed by atoms with Gasteiger partial charge in [0.05, 0.1) is 14.3 Å². The first-order chi connectivity index (χ1) is 10.6. The minimum Gasteiger partial charge on any atom is -0.249 e. The molecule has 1 aromatic carbocycles. The SMILES string of the molecule is CCCCC(C#CC(OS(C)(=O)=O)c1ccccc1)[Si](C)(C)C. The molecule has 3 nitrogen and oxygen atoms in total. The molecule has 0 aliphatic rings. The maximum absolute atomic E-state index is 11.5. The van der Waals surface area contributed by atoms with E-state index in [9.17, 15) is 8.42 Å². The molecule has 0 saturated carbocycles. The largest absolute Gasteiger partial charge is 0.265 e. The van der Waals surface area contributed by atoms with Crippen molar-refractivity contribution in [2.45, 2.75) is 57.5 Å². The molecule has 0 fully saturated rings. The van der Waals surface area contributed by atoms with Gasteiger partial charge in [-0.15, -0.1) is 0 Å². The highest BCUT2D eigenvalue weighted by Crippen LogP contribution is 2.28. The fourth-order valence-corrected chi connectivity index (χ4v) is 4.37. The topological polar surface area (TPSA) is 43.4 Å². The van der Waals surface area contributed by atoms with Crippen molar-refractivity contribution >= 4 is 18.2 Å². The summed E-state index contributed by atoms with van der Waals surface area (Å²) in [4.78, 5) is 0. The Labute approximate surface area is 142 Å². The minimum atomic E-state index is -3.56. The Balaban J connectivity index is 3.09. The molecule has 0 heterocycles. The highest BCUT2D eigenvalue weighted by Gasteiger charge is 2.25. The van der Waals surface area contributed by atoms with E-state index < -0.39 is 24.3 Å². The van der Waals surface area contributed by atoms with Crippen LogP contribution in [0.2, 0.25) is 25.2 Å². The van der Waals surface area contributed by atoms with Gasteiger partial charge < -0.3 is 0 Å². The van der Waals surface area contributed by atoms with Crippen molar-refractivity contribution in [2.75, 3.05) is 6.26 Å². The predicted octanol–water partition coefficient (Wildman–Crippen LogP) is 4.61. The maximum atomic E-state index is 11.5. The van der Waals surface area contributed by atoms with Crippen molar-refractivity contribution in [3.8, 4) is 11.8 Å². The molecule has 0 aromatic heterocycles. The van der Waals surface area contributed by atoms with Crippen molar-refractivity contribution in [1.82, 2.24) is 0 Å². The Morgan fingerprint density at radius 3 is 2.22 bits per heavy atom. The summed E-state index contributed by atoms with van der Waals surface area (Å²) in [6, 6.07) is 9.31. The van der Waals surface area contributed by atoms with Crippen LogP contribution in [0.15, 0.2) is 30.3 Å². The number of benzene rings is 1. The summed E-state index contributed by atoms with van der Waals surface area (Å²) in [5.74, 6) is 6.43. The van der Waals surface area contributed by atoms with Crippen molar-refractivity contribution in [1.29, 1.82) is 0 Å². The van der Waals surface area contributed by atoms with E-state index in [4.69, 9.17) is 4.18 Å². The Bertz CT molecular complexity index is 636. The van der Waals surface area contributed by atoms with Gasteiger partial charge in [0.15, 0.2) is 6.10 Å². The van der Waals surface area contributed by atoms with E-state index in [1.54, 1.807) is 0 Å². The predicted molar refractivity (Wildman–Crippen MR) is 99.5 cm³/mol. The second-order valence-corrected chi connectivity index (χ2v) is 14.0. The first-order valence-electron chi connectivity index (χ1n) is 8.07. The van der Waals surface area contributed by atoms with E-state index in [-0.39, 0.29) is 0 Å². The Kier molecular flexibility index (Phi) is 7.52. The fourth-order valence-electron chi connectivity index (χ4n) is 2.27. The van der Waals surface area contributed by atoms with E-state index in [1.807, 2.05) is 30.3 Å². The average molecular weight is 353 g/mol. The molecule has 1 aromatic rings. The average Bonchev–Trinajstić information content (AvgIpc) is 2.44. The van der Waals surface area contributed by atoms with E-state index >= 15 is 0 Å². The molecule has 0 aliphatic heterocycles. The standard InChI is InChI=1S/C18H28O3SSi/c1-6-7-13-17(23(3,4)5)14-15-18(21-22(2,19)20)16-11-9-8-10-12-16/h8-12,17-18H,6-7,13H2,1-5H3. The van der Waals surface area contributed by atoms with Gasteiger partial charge in [0.1, 0.15) is 0 Å². The molecule has 0 N–H and O–H groups in total. The summed E-state index contributed by atoms with van der Waals surface area (Å²) >= 11 is 0. The van der Waals surface area contributed by atoms with Gasteiger partial charge in [-0.3, -0.25) is 0 Å². The normalized spacial score (nSPS) is 14.7. The third-order valence-electron chi connectivity index (χ3n) is 3.65. The van der Waals surface area contributed by atoms with Crippen molar-refractivity contribution in [3.05, 3.63) is 35.9 Å². The van der Waals surface area contributed by atoms with Gasteiger partial charge in [-0.1, -0.05) is 81.6 Å². The number of hydrogen-bond donors (Lipinski definition) is 0. The van der Waals surface area contributed by atoms with Crippen LogP contribution in [0.5, 0.6) is 0 Å². The van der Waals surface area contributed by atoms with Crippen LogP contribution in [0.25, 0.3) is 0 Å². The van der Waals surface area contributed by atoms with Crippen LogP contribution in [0, 0.1) is 11.8 Å². The second-order valence-electron chi connectivity index (χ2n) is 6.94. The second kappa shape index (κ2) is 8.67. The smallest absolute Gasteiger partial charge is 0.249 e. The molecule has 0 saturated heterocycles. The summed E-state index contributed by atoms with van der Waals surface area (Å²) in [7, 11) is -4.99. The first kappa shape index (κ1) is 20.0. The molecule has 1 rings (SSSR count). The van der Waals surface area contributed by atoms with Crippen molar-refractivity contribution < 1.29 is 12.6 Å². The van der Waals surface area contributed by atoms with Gasteiger partial charge in [0.25, 0.3) is 10.1 Å². The van der Waals surface area contributed by atoms with Crippen LogP contribution in [-0.4, -0.2) is 22.7 Å². The summed E-state index contributed by atoms with van der Waals surface area (Å²) < 4.78 is 28.3. The molecule has 2 unspecified atom stereocenters. The van der Waals surface area contributed by atoms with E-state index in [0.717, 1.165) is 31.1 Å². The lowest BCUT2D eigenvalue weighted by Crippen LogP contribution is -2.27. The van der Waals surface area contributed by atoms with E-state index in [1.165, 1.54) is 0 Å². The zero-order valence-electron chi connectivity index (χ0n) is 14.8. The van der Waals surface area contributed by atoms with Crippen LogP contribution in [0.1, 0.15) is 37.9 Å². The van der Waals surface area contributed by atoms with Gasteiger partial charge in [-0.05, 0) is 12.0 Å². The molecule has 0 radical (unpaired) electrons. The molecule has 0 aliphatic carbocycles. The summed E-state index contributed by atoms with van der Waals surface area (Å²) in [6.45, 7) is 9.08. The van der Waals surface area contributed by atoms with Crippen LogP contribution in [0.3, 0.4) is 0 Å². The van der Waals surface area contributed by atoms with Gasteiger partial charge in [0, 0.05) is 5.54 Å². The lowest BCUT2D eigenvalue weighted by Gasteiger charge is -2.24. The Morgan fingerprint density at radius 1 is 1.13 bits per heavy atom. The van der Waals surface area contributed by atoms with Gasteiger partial charge >= 0.3 is 0 Å². The molecule has 0 amide bonds. The molecular weight excluding hydrogens is 324 g/mol. The number of hydrogen-bond acceptors (Lipinski definition) is 3. The molecule has 128 valence electrons. The minimum absolute atomic E-state index is 0.344. The monoisotopic (exact) mass is 352 g/mol. The number of unbranched alkanes of at least 4 members (excludes halogenated alkanes) is 1. The Morgan fingerprint density at radius 2 is 1.74 bits per heavy atom. The molecule has 2 atom stereocenters. The van der Waals surface area contributed by atoms with Crippen LogP contribution in [-0.2, 0) is 14.3 Å². The van der Waals surface area contributed by atoms with Crippen LogP contribution >= 0.6 is 0 Å². The van der Waals surface area contributed by atoms with Gasteiger partial charge in [-0.25, -0.2) is 4.18 Å². The number of rotatable bonds is 7. The summed E-state index contributed by atoms with van der Waals surface area (Å²) in [5.41, 5.74) is 1.12. The van der Waals surface area contributed by atoms with Gasteiger partial charge in [0.2, 0.25) is 0 Å². The molecular formula is C18H28O3SSi. The zero-order chi connectivity index (χ0) is 17.5. The van der Waals surface area contributed by atoms with Crippen molar-refractivity contribution in [2.24, 2.45) is 0 Å². The lowest BCUT2D eigenvalue weighted by molar-refractivity contribution is 0.273. The lowest BCUT2D eigenvalue weighted by atomic mass is 10.1. The highest BCUT2D eigenvalue weighted by molar-refractivity contribution is 7.86. The maximum Gasteiger partial charge on any atom is 0.265 e. The summed E-state index contributed by atoms with van der Waals surface area (Å²) in [5, 5.41) is 0. The van der Waals surface area contributed by atoms with Gasteiger partial charge in [-0.2, -0.15) is 8.42 Å². The van der Waals surface area contributed by atoms with Crippen LogP contribution < -0.4 is 0 Å².